The van der Waals surface area contributed by atoms with Crippen LogP contribution in [0.15, 0.2) is 0 Å². The lowest BCUT2D eigenvalue weighted by atomic mass is 9.69. The summed E-state index contributed by atoms with van der Waals surface area (Å²) in [6.45, 7) is 9.83. The molecule has 13 heavy (non-hydrogen) atoms. The average molecular weight is 184 g/mol. The van der Waals surface area contributed by atoms with Gasteiger partial charge in [0.1, 0.15) is 0 Å². The third-order valence-electron chi connectivity index (χ3n) is 3.00. The topological polar surface area (TPSA) is 38.0 Å². The zero-order chi connectivity index (χ0) is 9.95. The number of hydrogen-bond acceptors (Lipinski definition) is 2. The molecule has 0 unspecified atom stereocenters. The number of rotatable bonds is 4. The lowest BCUT2D eigenvalue weighted by Crippen LogP contribution is -2.46. The van der Waals surface area contributed by atoms with Crippen LogP contribution in [-0.4, -0.2) is 19.6 Å². The third kappa shape index (κ3) is 3.28. The van der Waals surface area contributed by atoms with Gasteiger partial charge in [0.2, 0.25) is 0 Å². The Bertz CT molecular complexity index is 148. The minimum Gasteiger partial charge on any atom is -0.330 e. The fourth-order valence-corrected chi connectivity index (χ4v) is 1.83. The number of nitrogens with two attached hydrogens (primary N) is 1. The zero-order valence-corrected chi connectivity index (χ0v) is 9.32. The largest absolute Gasteiger partial charge is 0.330 e. The summed E-state index contributed by atoms with van der Waals surface area (Å²) in [6, 6.07) is 0. The van der Waals surface area contributed by atoms with Crippen molar-refractivity contribution < 1.29 is 0 Å². The van der Waals surface area contributed by atoms with Gasteiger partial charge in [-0.05, 0) is 30.2 Å². The van der Waals surface area contributed by atoms with Gasteiger partial charge < -0.3 is 11.1 Å². The molecule has 0 radical (unpaired) electrons. The molecule has 0 saturated heterocycles. The van der Waals surface area contributed by atoms with Crippen LogP contribution in [0.25, 0.3) is 0 Å². The van der Waals surface area contributed by atoms with Crippen molar-refractivity contribution >= 4 is 0 Å². The predicted molar refractivity (Wildman–Crippen MR) is 57.7 cm³/mol. The van der Waals surface area contributed by atoms with Crippen molar-refractivity contribution in [3.8, 4) is 0 Å². The van der Waals surface area contributed by atoms with Crippen LogP contribution in [0.2, 0.25) is 0 Å². The van der Waals surface area contributed by atoms with E-state index < -0.39 is 0 Å². The van der Waals surface area contributed by atoms with E-state index in [-0.39, 0.29) is 0 Å². The van der Waals surface area contributed by atoms with Gasteiger partial charge in [-0.3, -0.25) is 0 Å². The van der Waals surface area contributed by atoms with E-state index in [2.05, 4.69) is 26.1 Å². The Labute approximate surface area is 82.3 Å². The summed E-state index contributed by atoms with van der Waals surface area (Å²) in [5, 5.41) is 3.54. The Balaban J connectivity index is 2.18. The molecule has 0 heterocycles. The Kier molecular flexibility index (Phi) is 3.36. The first-order valence-corrected chi connectivity index (χ1v) is 5.38. The molecule has 1 saturated carbocycles. The van der Waals surface area contributed by atoms with Crippen molar-refractivity contribution in [2.24, 2.45) is 16.6 Å². The second-order valence-corrected chi connectivity index (χ2v) is 5.72. The number of nitrogens with one attached hydrogen (secondary N) is 1. The van der Waals surface area contributed by atoms with Crippen LogP contribution in [0.3, 0.4) is 0 Å². The highest BCUT2D eigenvalue weighted by Gasteiger charge is 2.35. The highest BCUT2D eigenvalue weighted by Crippen LogP contribution is 2.39. The van der Waals surface area contributed by atoms with Crippen molar-refractivity contribution in [3.63, 3.8) is 0 Å². The molecule has 0 atom stereocenters. The molecule has 0 bridgehead atoms. The highest BCUT2D eigenvalue weighted by atomic mass is 14.9. The summed E-state index contributed by atoms with van der Waals surface area (Å²) in [6.07, 6.45) is 4.01. The van der Waals surface area contributed by atoms with Gasteiger partial charge in [-0.1, -0.05) is 27.2 Å². The van der Waals surface area contributed by atoms with E-state index in [1.165, 1.54) is 19.3 Å². The molecule has 2 heteroatoms. The maximum Gasteiger partial charge on any atom is 0.00201 e. The van der Waals surface area contributed by atoms with E-state index in [9.17, 15) is 0 Å². The maximum atomic E-state index is 5.78. The minimum atomic E-state index is 0.388. The van der Waals surface area contributed by atoms with Gasteiger partial charge in [0.25, 0.3) is 0 Å². The van der Waals surface area contributed by atoms with E-state index >= 15 is 0 Å². The van der Waals surface area contributed by atoms with Gasteiger partial charge in [0.05, 0.1) is 0 Å². The lowest BCUT2D eigenvalue weighted by molar-refractivity contribution is 0.136. The van der Waals surface area contributed by atoms with E-state index in [1.54, 1.807) is 0 Å². The summed E-state index contributed by atoms with van der Waals surface area (Å²) < 4.78 is 0. The third-order valence-corrected chi connectivity index (χ3v) is 3.00. The SMILES string of the molecule is CC(C)(C)CNCC1(CN)CCC1. The molecule has 0 aromatic rings. The Morgan fingerprint density at radius 2 is 1.92 bits per heavy atom. The van der Waals surface area contributed by atoms with Crippen molar-refractivity contribution in [3.05, 3.63) is 0 Å². The molecule has 78 valence electrons. The monoisotopic (exact) mass is 184 g/mol. The Morgan fingerprint density at radius 3 is 2.23 bits per heavy atom. The molecule has 1 rings (SSSR count). The van der Waals surface area contributed by atoms with Crippen LogP contribution in [0.5, 0.6) is 0 Å². The molecule has 0 aromatic carbocycles. The van der Waals surface area contributed by atoms with Gasteiger partial charge in [0, 0.05) is 13.1 Å². The fraction of sp³-hybridized carbons (Fsp3) is 1.00. The molecule has 2 nitrogen and oxygen atoms in total. The molecule has 0 spiro atoms. The second kappa shape index (κ2) is 3.97. The molecule has 1 aliphatic rings. The first-order valence-electron chi connectivity index (χ1n) is 5.38. The molecular formula is C11H24N2. The zero-order valence-electron chi connectivity index (χ0n) is 9.32. The standard InChI is InChI=1S/C11H24N2/c1-10(2,3)8-13-9-11(7-12)5-4-6-11/h13H,4-9,12H2,1-3H3. The maximum absolute atomic E-state index is 5.78. The van der Waals surface area contributed by atoms with Gasteiger partial charge in [-0.2, -0.15) is 0 Å². The predicted octanol–water partition coefficient (Wildman–Crippen LogP) is 1.75. The summed E-state index contributed by atoms with van der Waals surface area (Å²) in [7, 11) is 0. The van der Waals surface area contributed by atoms with Gasteiger partial charge in [-0.25, -0.2) is 0 Å². The Hall–Kier alpha value is -0.0800. The summed E-state index contributed by atoms with van der Waals surface area (Å²) >= 11 is 0. The molecule has 0 aliphatic heterocycles. The normalized spacial score (nSPS) is 21.2. The van der Waals surface area contributed by atoms with Crippen LogP contribution in [0.1, 0.15) is 40.0 Å². The van der Waals surface area contributed by atoms with Crippen LogP contribution in [0.4, 0.5) is 0 Å². The first-order chi connectivity index (χ1) is 5.97. The molecule has 1 aliphatic carbocycles. The summed E-state index contributed by atoms with van der Waals surface area (Å²) in [5.74, 6) is 0. The number of hydrogen-bond donors (Lipinski definition) is 2. The molecule has 0 amide bonds. The molecule has 1 fully saturated rings. The minimum absolute atomic E-state index is 0.388. The quantitative estimate of drug-likeness (QED) is 0.698. The highest BCUT2D eigenvalue weighted by molar-refractivity contribution is 4.90. The average Bonchev–Trinajstić information content (AvgIpc) is 1.92. The van der Waals surface area contributed by atoms with Crippen LogP contribution in [-0.2, 0) is 0 Å². The fourth-order valence-electron chi connectivity index (χ4n) is 1.83. The van der Waals surface area contributed by atoms with E-state index in [0.717, 1.165) is 19.6 Å². The van der Waals surface area contributed by atoms with E-state index in [4.69, 9.17) is 5.73 Å². The first kappa shape index (κ1) is 11.0. The molecule has 0 aromatic heterocycles. The van der Waals surface area contributed by atoms with Crippen LogP contribution in [0, 0.1) is 10.8 Å². The van der Waals surface area contributed by atoms with Crippen molar-refractivity contribution in [1.82, 2.24) is 5.32 Å². The van der Waals surface area contributed by atoms with E-state index in [0.29, 0.717) is 10.8 Å². The van der Waals surface area contributed by atoms with Crippen molar-refractivity contribution in [2.45, 2.75) is 40.0 Å². The van der Waals surface area contributed by atoms with Gasteiger partial charge in [0.15, 0.2) is 0 Å². The van der Waals surface area contributed by atoms with Gasteiger partial charge >= 0.3 is 0 Å². The molecular weight excluding hydrogens is 160 g/mol. The summed E-state index contributed by atoms with van der Waals surface area (Å²) in [4.78, 5) is 0. The van der Waals surface area contributed by atoms with E-state index in [1.807, 2.05) is 0 Å². The van der Waals surface area contributed by atoms with Crippen molar-refractivity contribution in [2.75, 3.05) is 19.6 Å². The van der Waals surface area contributed by atoms with Crippen molar-refractivity contribution in [1.29, 1.82) is 0 Å². The second-order valence-electron chi connectivity index (χ2n) is 5.72. The summed E-state index contributed by atoms with van der Waals surface area (Å²) in [5.41, 5.74) is 6.62. The van der Waals surface area contributed by atoms with Crippen LogP contribution < -0.4 is 11.1 Å². The van der Waals surface area contributed by atoms with Crippen LogP contribution >= 0.6 is 0 Å². The lowest BCUT2D eigenvalue weighted by Gasteiger charge is -2.41. The molecule has 3 N–H and O–H groups in total. The van der Waals surface area contributed by atoms with Gasteiger partial charge in [-0.15, -0.1) is 0 Å². The smallest absolute Gasteiger partial charge is 0.00201 e. The Morgan fingerprint density at radius 1 is 1.31 bits per heavy atom.